The number of hydrogen-bond donors (Lipinski definition) is 1. The average molecular weight is 385 g/mol. The van der Waals surface area contributed by atoms with E-state index in [1.165, 1.54) is 6.92 Å². The number of nitrogens with zero attached hydrogens (tertiary/aromatic N) is 1. The smallest absolute Gasteiger partial charge is 0.219 e. The normalized spacial score (nSPS) is 10.6. The number of ether oxygens (including phenoxy) is 2. The predicted molar refractivity (Wildman–Crippen MR) is 107 cm³/mol. The zero-order chi connectivity index (χ0) is 19.2. The van der Waals surface area contributed by atoms with Gasteiger partial charge >= 0.3 is 0 Å². The van der Waals surface area contributed by atoms with Crippen LogP contribution in [0, 0.1) is 0 Å². The summed E-state index contributed by atoms with van der Waals surface area (Å²) in [4.78, 5) is 15.5. The molecule has 2 aromatic carbocycles. The van der Waals surface area contributed by atoms with Crippen molar-refractivity contribution in [2.45, 2.75) is 20.3 Å². The molecule has 0 fully saturated rings. The molecule has 0 atom stereocenters. The van der Waals surface area contributed by atoms with Gasteiger partial charge in [0.15, 0.2) is 0 Å². The molecule has 0 aliphatic carbocycles. The lowest BCUT2D eigenvalue weighted by Crippen LogP contribution is -2.22. The summed E-state index contributed by atoms with van der Waals surface area (Å²) in [6.07, 6.45) is 0.776. The first-order valence-electron chi connectivity index (χ1n) is 8.79. The summed E-state index contributed by atoms with van der Waals surface area (Å²) >= 11 is 6.20. The van der Waals surface area contributed by atoms with E-state index >= 15 is 0 Å². The first kappa shape index (κ1) is 19.0. The Morgan fingerprint density at radius 2 is 2.00 bits per heavy atom. The van der Waals surface area contributed by atoms with Crippen LogP contribution in [0.2, 0.25) is 5.02 Å². The van der Waals surface area contributed by atoms with Gasteiger partial charge in [0.2, 0.25) is 11.8 Å². The second-order valence-electron chi connectivity index (χ2n) is 6.04. The van der Waals surface area contributed by atoms with Gasteiger partial charge in [-0.1, -0.05) is 17.7 Å². The van der Waals surface area contributed by atoms with Gasteiger partial charge in [-0.15, -0.1) is 0 Å². The van der Waals surface area contributed by atoms with Gasteiger partial charge in [0.1, 0.15) is 11.5 Å². The second-order valence-corrected chi connectivity index (χ2v) is 6.44. The molecule has 27 heavy (non-hydrogen) atoms. The first-order valence-corrected chi connectivity index (χ1v) is 9.17. The molecular formula is C21H21ClN2O3. The van der Waals surface area contributed by atoms with Crippen LogP contribution in [-0.4, -0.2) is 24.0 Å². The van der Waals surface area contributed by atoms with E-state index in [1.54, 1.807) is 18.2 Å². The predicted octanol–water partition coefficient (Wildman–Crippen LogP) is 4.76. The SMILES string of the molecule is CCOc1ccc(Oc2ccc3cc(CCNC(C)=O)ccc3n2)cc1Cl. The van der Waals surface area contributed by atoms with Crippen molar-refractivity contribution in [1.82, 2.24) is 10.3 Å². The highest BCUT2D eigenvalue weighted by Gasteiger charge is 2.06. The summed E-state index contributed by atoms with van der Waals surface area (Å²) in [7, 11) is 0. The summed E-state index contributed by atoms with van der Waals surface area (Å²) in [6, 6.07) is 15.1. The molecule has 0 spiro atoms. The van der Waals surface area contributed by atoms with Gasteiger partial charge in [-0.05, 0) is 49.2 Å². The van der Waals surface area contributed by atoms with E-state index in [4.69, 9.17) is 21.1 Å². The maximum absolute atomic E-state index is 11.0. The highest BCUT2D eigenvalue weighted by atomic mass is 35.5. The molecule has 3 aromatic rings. The third-order valence-corrected chi connectivity index (χ3v) is 4.24. The van der Waals surface area contributed by atoms with Crippen LogP contribution in [-0.2, 0) is 11.2 Å². The van der Waals surface area contributed by atoms with Gasteiger partial charge in [-0.2, -0.15) is 0 Å². The van der Waals surface area contributed by atoms with Crippen LogP contribution in [0.4, 0.5) is 0 Å². The van der Waals surface area contributed by atoms with E-state index < -0.39 is 0 Å². The maximum Gasteiger partial charge on any atom is 0.219 e. The molecular weight excluding hydrogens is 364 g/mol. The molecule has 140 valence electrons. The highest BCUT2D eigenvalue weighted by molar-refractivity contribution is 6.32. The average Bonchev–Trinajstić information content (AvgIpc) is 2.64. The number of rotatable bonds is 7. The Hall–Kier alpha value is -2.79. The van der Waals surface area contributed by atoms with E-state index in [2.05, 4.69) is 16.4 Å². The second kappa shape index (κ2) is 8.73. The van der Waals surface area contributed by atoms with Gasteiger partial charge in [-0.25, -0.2) is 4.98 Å². The number of hydrogen-bond acceptors (Lipinski definition) is 4. The van der Waals surface area contributed by atoms with E-state index in [0.29, 0.717) is 35.6 Å². The lowest BCUT2D eigenvalue weighted by atomic mass is 10.1. The van der Waals surface area contributed by atoms with Crippen molar-refractivity contribution in [2.24, 2.45) is 0 Å². The first-order chi connectivity index (χ1) is 13.0. The molecule has 0 radical (unpaired) electrons. The molecule has 3 rings (SSSR count). The van der Waals surface area contributed by atoms with Crippen molar-refractivity contribution < 1.29 is 14.3 Å². The van der Waals surface area contributed by atoms with Gasteiger partial charge in [0.25, 0.3) is 0 Å². The van der Waals surface area contributed by atoms with Crippen molar-refractivity contribution in [3.8, 4) is 17.4 Å². The molecule has 1 aromatic heterocycles. The zero-order valence-corrected chi connectivity index (χ0v) is 16.0. The summed E-state index contributed by atoms with van der Waals surface area (Å²) in [6.45, 7) is 4.60. The third kappa shape index (κ3) is 5.11. The lowest BCUT2D eigenvalue weighted by molar-refractivity contribution is -0.118. The van der Waals surface area contributed by atoms with E-state index in [-0.39, 0.29) is 5.91 Å². The maximum atomic E-state index is 11.0. The van der Waals surface area contributed by atoms with Crippen LogP contribution in [0.1, 0.15) is 19.4 Å². The van der Waals surface area contributed by atoms with Gasteiger partial charge in [0, 0.05) is 31.0 Å². The molecule has 0 aliphatic rings. The van der Waals surface area contributed by atoms with Crippen LogP contribution >= 0.6 is 11.6 Å². The Morgan fingerprint density at radius 3 is 2.74 bits per heavy atom. The van der Waals surface area contributed by atoms with Crippen molar-refractivity contribution >= 4 is 28.4 Å². The topological polar surface area (TPSA) is 60.5 Å². The standard InChI is InChI=1S/C21H21ClN2O3/c1-3-26-20-8-6-17(13-18(20)22)27-21-9-5-16-12-15(4-7-19(16)24-21)10-11-23-14(2)25/h4-9,12-13H,3,10-11H2,1-2H3,(H,23,25). The number of carbonyl (C=O) groups is 1. The number of pyridine rings is 1. The number of aromatic nitrogens is 1. The molecule has 1 N–H and O–H groups in total. The van der Waals surface area contributed by atoms with Crippen molar-refractivity contribution in [1.29, 1.82) is 0 Å². The van der Waals surface area contributed by atoms with E-state index in [1.807, 2.05) is 31.2 Å². The van der Waals surface area contributed by atoms with Gasteiger partial charge in [-0.3, -0.25) is 4.79 Å². The molecule has 1 heterocycles. The largest absolute Gasteiger partial charge is 0.492 e. The van der Waals surface area contributed by atoms with E-state index in [0.717, 1.165) is 22.9 Å². The number of nitrogens with one attached hydrogen (secondary N) is 1. The Kier molecular flexibility index (Phi) is 6.14. The molecule has 0 bridgehead atoms. The third-order valence-electron chi connectivity index (χ3n) is 3.94. The van der Waals surface area contributed by atoms with E-state index in [9.17, 15) is 4.79 Å². The number of benzene rings is 2. The molecule has 0 saturated heterocycles. The quantitative estimate of drug-likeness (QED) is 0.638. The summed E-state index contributed by atoms with van der Waals surface area (Å²) in [5, 5.41) is 4.32. The number of amides is 1. The highest BCUT2D eigenvalue weighted by Crippen LogP contribution is 2.31. The summed E-state index contributed by atoms with van der Waals surface area (Å²) in [5.74, 6) is 1.70. The fourth-order valence-electron chi connectivity index (χ4n) is 2.69. The fourth-order valence-corrected chi connectivity index (χ4v) is 2.92. The Labute approximate surface area is 163 Å². The molecule has 1 amide bonds. The van der Waals surface area contributed by atoms with Gasteiger partial charge < -0.3 is 14.8 Å². The minimum absolute atomic E-state index is 0.0198. The van der Waals surface area contributed by atoms with Crippen molar-refractivity contribution in [3.63, 3.8) is 0 Å². The summed E-state index contributed by atoms with van der Waals surface area (Å²) in [5.41, 5.74) is 1.98. The Balaban J connectivity index is 1.73. The van der Waals surface area contributed by atoms with Gasteiger partial charge in [0.05, 0.1) is 17.1 Å². The minimum Gasteiger partial charge on any atom is -0.492 e. The van der Waals surface area contributed by atoms with Crippen LogP contribution in [0.25, 0.3) is 10.9 Å². The number of carbonyl (C=O) groups excluding carboxylic acids is 1. The van der Waals surface area contributed by atoms with Crippen LogP contribution < -0.4 is 14.8 Å². The summed E-state index contributed by atoms with van der Waals surface area (Å²) < 4.78 is 11.2. The number of fused-ring (bicyclic) bond motifs is 1. The molecule has 0 aliphatic heterocycles. The zero-order valence-electron chi connectivity index (χ0n) is 15.3. The minimum atomic E-state index is -0.0198. The van der Waals surface area contributed by atoms with Crippen LogP contribution in [0.3, 0.4) is 0 Å². The van der Waals surface area contributed by atoms with Crippen LogP contribution in [0.15, 0.2) is 48.5 Å². The van der Waals surface area contributed by atoms with Crippen molar-refractivity contribution in [3.05, 3.63) is 59.1 Å². The Morgan fingerprint density at radius 1 is 1.15 bits per heavy atom. The molecule has 0 saturated carbocycles. The monoisotopic (exact) mass is 384 g/mol. The molecule has 6 heteroatoms. The lowest BCUT2D eigenvalue weighted by Gasteiger charge is -2.10. The Bertz CT molecular complexity index is 959. The fraction of sp³-hybridized carbons (Fsp3) is 0.238. The number of halogens is 1. The molecule has 0 unspecified atom stereocenters. The van der Waals surface area contributed by atoms with Crippen LogP contribution in [0.5, 0.6) is 17.4 Å². The molecule has 5 nitrogen and oxygen atoms in total. The van der Waals surface area contributed by atoms with Crippen molar-refractivity contribution in [2.75, 3.05) is 13.2 Å².